The van der Waals surface area contributed by atoms with Crippen LogP contribution in [0.3, 0.4) is 0 Å². The second-order valence-electron chi connectivity index (χ2n) is 3.90. The highest BCUT2D eigenvalue weighted by molar-refractivity contribution is 6.33. The summed E-state index contributed by atoms with van der Waals surface area (Å²) in [5, 5.41) is 10.2. The van der Waals surface area contributed by atoms with E-state index in [2.05, 4.69) is 0 Å². The molecule has 0 aromatic heterocycles. The molecule has 0 unspecified atom stereocenters. The van der Waals surface area contributed by atoms with E-state index in [-0.39, 0.29) is 10.6 Å². The predicted octanol–water partition coefficient (Wildman–Crippen LogP) is 2.89. The molecule has 5 nitrogen and oxygen atoms in total. The fraction of sp³-hybridized carbons (Fsp3) is 0.250. The number of hydrogen-bond acceptors (Lipinski definition) is 3. The SMILES string of the molecule is C#CCN(CC(F)(F)F)C(=O)c1ccc([N+](=O)[O-])c(Cl)c1. The summed E-state index contributed by atoms with van der Waals surface area (Å²) in [5.41, 5.74) is -0.669. The Bertz CT molecular complexity index is 611. The molecule has 0 spiro atoms. The lowest BCUT2D eigenvalue weighted by Gasteiger charge is -2.21. The summed E-state index contributed by atoms with van der Waals surface area (Å²) in [6.45, 7) is -2.07. The van der Waals surface area contributed by atoms with Crippen LogP contribution in [0, 0.1) is 22.5 Å². The Balaban J connectivity index is 3.07. The van der Waals surface area contributed by atoms with Crippen molar-refractivity contribution in [3.05, 3.63) is 38.9 Å². The molecule has 0 saturated heterocycles. The fourth-order valence-electron chi connectivity index (χ4n) is 1.50. The molecule has 0 N–H and O–H groups in total. The van der Waals surface area contributed by atoms with Gasteiger partial charge in [-0.2, -0.15) is 13.2 Å². The maximum Gasteiger partial charge on any atom is 0.406 e. The minimum Gasteiger partial charge on any atom is -0.318 e. The summed E-state index contributed by atoms with van der Waals surface area (Å²) in [6.07, 6.45) is 0.317. The first-order valence-electron chi connectivity index (χ1n) is 5.39. The maximum absolute atomic E-state index is 12.4. The molecular weight excluding hydrogens is 313 g/mol. The minimum absolute atomic E-state index is 0.217. The van der Waals surface area contributed by atoms with Gasteiger partial charge in [0.25, 0.3) is 11.6 Å². The largest absolute Gasteiger partial charge is 0.406 e. The van der Waals surface area contributed by atoms with Gasteiger partial charge in [-0.15, -0.1) is 6.42 Å². The number of nitro groups is 1. The number of benzene rings is 1. The van der Waals surface area contributed by atoms with Gasteiger partial charge in [-0.1, -0.05) is 17.5 Å². The van der Waals surface area contributed by atoms with E-state index in [1.54, 1.807) is 0 Å². The minimum atomic E-state index is -4.61. The third-order valence-corrected chi connectivity index (χ3v) is 2.63. The summed E-state index contributed by atoms with van der Waals surface area (Å²) >= 11 is 5.61. The van der Waals surface area contributed by atoms with Gasteiger partial charge in [-0.05, 0) is 12.1 Å². The first-order valence-corrected chi connectivity index (χ1v) is 5.77. The van der Waals surface area contributed by atoms with E-state index in [1.165, 1.54) is 0 Å². The van der Waals surface area contributed by atoms with E-state index in [1.807, 2.05) is 5.92 Å². The summed E-state index contributed by atoms with van der Waals surface area (Å²) in [6, 6.07) is 2.89. The topological polar surface area (TPSA) is 63.5 Å². The average molecular weight is 321 g/mol. The average Bonchev–Trinajstić information content (AvgIpc) is 2.35. The number of nitrogens with zero attached hydrogens (tertiary/aromatic N) is 2. The third-order valence-electron chi connectivity index (χ3n) is 2.33. The molecule has 0 aliphatic rings. The molecular formula is C12H8ClF3N2O3. The molecule has 0 heterocycles. The van der Waals surface area contributed by atoms with Crippen molar-refractivity contribution in [1.29, 1.82) is 0 Å². The highest BCUT2D eigenvalue weighted by Gasteiger charge is 2.33. The zero-order valence-electron chi connectivity index (χ0n) is 10.4. The summed E-state index contributed by atoms with van der Waals surface area (Å²) in [4.78, 5) is 22.2. The molecule has 21 heavy (non-hydrogen) atoms. The van der Waals surface area contributed by atoms with Crippen LogP contribution < -0.4 is 0 Å². The van der Waals surface area contributed by atoms with Gasteiger partial charge < -0.3 is 4.90 Å². The summed E-state index contributed by atoms with van der Waals surface area (Å²) in [5.74, 6) is 0.937. The van der Waals surface area contributed by atoms with Crippen LogP contribution in [-0.4, -0.2) is 35.0 Å². The van der Waals surface area contributed by atoms with Gasteiger partial charge in [-0.3, -0.25) is 14.9 Å². The van der Waals surface area contributed by atoms with Crippen molar-refractivity contribution >= 4 is 23.2 Å². The van der Waals surface area contributed by atoms with Gasteiger partial charge in [0, 0.05) is 11.6 Å². The van der Waals surface area contributed by atoms with Crippen LogP contribution in [0.15, 0.2) is 18.2 Å². The number of rotatable bonds is 4. The van der Waals surface area contributed by atoms with Crippen molar-refractivity contribution in [3.63, 3.8) is 0 Å². The zero-order valence-corrected chi connectivity index (χ0v) is 11.1. The third kappa shape index (κ3) is 4.65. The Morgan fingerprint density at radius 3 is 2.52 bits per heavy atom. The molecule has 1 rings (SSSR count). The fourth-order valence-corrected chi connectivity index (χ4v) is 1.75. The molecule has 0 saturated carbocycles. The number of nitro benzene ring substituents is 1. The van der Waals surface area contributed by atoms with Crippen molar-refractivity contribution in [2.45, 2.75) is 6.18 Å². The molecule has 0 bridgehead atoms. The molecule has 0 atom stereocenters. The lowest BCUT2D eigenvalue weighted by atomic mass is 10.1. The first-order chi connectivity index (χ1) is 9.65. The quantitative estimate of drug-likeness (QED) is 0.487. The van der Waals surface area contributed by atoms with Crippen LogP contribution >= 0.6 is 11.6 Å². The van der Waals surface area contributed by atoms with Crippen molar-refractivity contribution < 1.29 is 22.9 Å². The lowest BCUT2D eigenvalue weighted by molar-refractivity contribution is -0.384. The van der Waals surface area contributed by atoms with Crippen LogP contribution in [0.5, 0.6) is 0 Å². The molecule has 0 aliphatic heterocycles. The summed E-state index contributed by atoms with van der Waals surface area (Å²) in [7, 11) is 0. The number of carbonyl (C=O) groups excluding carboxylic acids is 1. The zero-order chi connectivity index (χ0) is 16.2. The molecule has 112 valence electrons. The second kappa shape index (κ2) is 6.45. The van der Waals surface area contributed by atoms with Crippen LogP contribution in [0.25, 0.3) is 0 Å². The Morgan fingerprint density at radius 2 is 2.10 bits per heavy atom. The van der Waals surface area contributed by atoms with Crippen molar-refractivity contribution in [3.8, 4) is 12.3 Å². The van der Waals surface area contributed by atoms with Crippen molar-refractivity contribution in [2.75, 3.05) is 13.1 Å². The van der Waals surface area contributed by atoms with Gasteiger partial charge in [0.05, 0.1) is 11.5 Å². The maximum atomic E-state index is 12.4. The van der Waals surface area contributed by atoms with Crippen molar-refractivity contribution in [2.24, 2.45) is 0 Å². The Kier molecular flexibility index (Phi) is 5.16. The van der Waals surface area contributed by atoms with E-state index < -0.39 is 35.8 Å². The molecule has 1 aromatic rings. The number of halogens is 4. The van der Waals surface area contributed by atoms with Crippen LogP contribution in [0.4, 0.5) is 18.9 Å². The van der Waals surface area contributed by atoms with Gasteiger partial charge in [0.2, 0.25) is 0 Å². The highest BCUT2D eigenvalue weighted by Crippen LogP contribution is 2.26. The normalized spacial score (nSPS) is 10.8. The molecule has 0 fully saturated rings. The monoisotopic (exact) mass is 320 g/mol. The van der Waals surface area contributed by atoms with Crippen LogP contribution in [0.1, 0.15) is 10.4 Å². The summed E-state index contributed by atoms with van der Waals surface area (Å²) < 4.78 is 37.1. The van der Waals surface area contributed by atoms with Crippen LogP contribution in [0.2, 0.25) is 5.02 Å². The number of amides is 1. The van der Waals surface area contributed by atoms with Gasteiger partial charge in [0.1, 0.15) is 11.6 Å². The molecule has 1 amide bonds. The number of terminal acetylenes is 1. The molecule has 9 heteroatoms. The van der Waals surface area contributed by atoms with Crippen LogP contribution in [-0.2, 0) is 0 Å². The van der Waals surface area contributed by atoms with Crippen molar-refractivity contribution in [1.82, 2.24) is 4.90 Å². The Morgan fingerprint density at radius 1 is 1.48 bits per heavy atom. The second-order valence-corrected chi connectivity index (χ2v) is 4.31. The number of carbonyl (C=O) groups is 1. The van der Waals surface area contributed by atoms with E-state index in [0.717, 1.165) is 18.2 Å². The molecule has 0 aliphatic carbocycles. The number of hydrogen-bond donors (Lipinski definition) is 0. The van der Waals surface area contributed by atoms with E-state index in [9.17, 15) is 28.1 Å². The Hall–Kier alpha value is -2.27. The smallest absolute Gasteiger partial charge is 0.318 e. The highest BCUT2D eigenvalue weighted by atomic mass is 35.5. The Labute approximate surface area is 122 Å². The van der Waals surface area contributed by atoms with Gasteiger partial charge >= 0.3 is 6.18 Å². The van der Waals surface area contributed by atoms with E-state index in [0.29, 0.717) is 4.90 Å². The molecule has 0 radical (unpaired) electrons. The first kappa shape index (κ1) is 16.8. The van der Waals surface area contributed by atoms with Gasteiger partial charge in [0.15, 0.2) is 0 Å². The predicted molar refractivity (Wildman–Crippen MR) is 68.9 cm³/mol. The van der Waals surface area contributed by atoms with E-state index >= 15 is 0 Å². The molecule has 1 aromatic carbocycles. The van der Waals surface area contributed by atoms with Gasteiger partial charge in [-0.25, -0.2) is 0 Å². The van der Waals surface area contributed by atoms with E-state index in [4.69, 9.17) is 18.0 Å². The standard InChI is InChI=1S/C12H8ClF3N2O3/c1-2-5-17(7-12(14,15)16)11(19)8-3-4-10(18(20)21)9(13)6-8/h1,3-4,6H,5,7H2. The lowest BCUT2D eigenvalue weighted by Crippen LogP contribution is -2.39. The number of alkyl halides is 3.